The maximum Gasteiger partial charge on any atom is 0.428 e. The number of nitrogens with one attached hydrogen (secondary N) is 1. The van der Waals surface area contributed by atoms with Crippen LogP contribution >= 0.6 is 22.7 Å². The number of amides is 2. The number of ether oxygens (including phenoxy) is 1. The Bertz CT molecular complexity index is 1040. The lowest BCUT2D eigenvalue weighted by molar-refractivity contribution is 0.0435. The molecule has 1 aliphatic heterocycles. The van der Waals surface area contributed by atoms with E-state index in [-0.39, 0.29) is 11.9 Å². The fourth-order valence-electron chi connectivity index (χ4n) is 4.44. The summed E-state index contributed by atoms with van der Waals surface area (Å²) in [5.41, 5.74) is 3.87. The van der Waals surface area contributed by atoms with Crippen molar-refractivity contribution < 1.29 is 14.3 Å². The van der Waals surface area contributed by atoms with E-state index in [1.165, 1.54) is 16.3 Å². The molecular formula is C23H36N6O3S2Si. The highest BCUT2D eigenvalue weighted by atomic mass is 32.1. The van der Waals surface area contributed by atoms with Crippen LogP contribution in [0.3, 0.4) is 0 Å². The van der Waals surface area contributed by atoms with Gasteiger partial charge in [0.25, 0.3) is 5.91 Å². The number of rotatable bonds is 6. The molecule has 3 heterocycles. The standard InChI is InChI=1S/C23H36N6O3S2Si/c1-15-25-26-21(33-15)16-6-8-17(9-7-16)29(23(31)32-12-13-35(3,4)5)27-20(30)22-24-18-10-11-28(2)14-19(18)34-22/h16-17H,6-14H2,1-5H3,(H,27,30). The highest BCUT2D eigenvalue weighted by Gasteiger charge is 2.34. The minimum absolute atomic E-state index is 0.121. The molecule has 0 bridgehead atoms. The van der Waals surface area contributed by atoms with E-state index in [4.69, 9.17) is 4.74 Å². The first-order valence-corrected chi connectivity index (χ1v) is 17.7. The fourth-order valence-corrected chi connectivity index (χ4v) is 7.10. The van der Waals surface area contributed by atoms with Crippen LogP contribution in [0.1, 0.15) is 62.0 Å². The van der Waals surface area contributed by atoms with Crippen LogP contribution in [0.4, 0.5) is 4.79 Å². The molecule has 2 aromatic rings. The van der Waals surface area contributed by atoms with Crippen LogP contribution in [0.15, 0.2) is 0 Å². The van der Waals surface area contributed by atoms with E-state index < -0.39 is 14.2 Å². The van der Waals surface area contributed by atoms with E-state index in [2.05, 4.69) is 52.2 Å². The number of fused-ring (bicyclic) bond motifs is 1. The SMILES string of the molecule is Cc1nnc(C2CCC(N(NC(=O)c3nc4c(s3)CN(C)CC4)C(=O)OCC[Si](C)(C)C)CC2)s1. The van der Waals surface area contributed by atoms with Gasteiger partial charge in [-0.15, -0.1) is 32.9 Å². The number of likely N-dealkylation sites (N-methyl/N-ethyl adjacent to an activating group) is 1. The molecule has 12 heteroatoms. The van der Waals surface area contributed by atoms with Crippen molar-refractivity contribution in [2.45, 2.75) is 83.2 Å². The molecule has 0 spiro atoms. The third kappa shape index (κ3) is 6.87. The van der Waals surface area contributed by atoms with Gasteiger partial charge in [0.2, 0.25) is 0 Å². The Kier molecular flexibility index (Phi) is 8.24. The van der Waals surface area contributed by atoms with E-state index in [1.807, 2.05) is 6.92 Å². The molecule has 9 nitrogen and oxygen atoms in total. The van der Waals surface area contributed by atoms with Crippen LogP contribution in [-0.2, 0) is 17.7 Å². The monoisotopic (exact) mass is 536 g/mol. The number of hydrogen-bond acceptors (Lipinski definition) is 9. The molecule has 1 aliphatic carbocycles. The molecule has 0 radical (unpaired) electrons. The van der Waals surface area contributed by atoms with Gasteiger partial charge in [0.1, 0.15) is 10.0 Å². The van der Waals surface area contributed by atoms with Gasteiger partial charge in [-0.25, -0.2) is 14.8 Å². The molecule has 1 fully saturated rings. The van der Waals surface area contributed by atoms with Gasteiger partial charge in [-0.05, 0) is 45.7 Å². The topological polar surface area (TPSA) is 101 Å². The Morgan fingerprint density at radius 1 is 1.17 bits per heavy atom. The number of carbonyl (C=O) groups excluding carboxylic acids is 2. The quantitative estimate of drug-likeness (QED) is 0.430. The minimum Gasteiger partial charge on any atom is -0.448 e. The van der Waals surface area contributed by atoms with Gasteiger partial charge in [0, 0.05) is 38.4 Å². The molecule has 0 aromatic carbocycles. The molecule has 2 aliphatic rings. The lowest BCUT2D eigenvalue weighted by Crippen LogP contribution is -2.53. The highest BCUT2D eigenvalue weighted by molar-refractivity contribution is 7.13. The first-order chi connectivity index (χ1) is 16.6. The number of thiazole rings is 1. The predicted octanol–water partition coefficient (Wildman–Crippen LogP) is 4.44. The van der Waals surface area contributed by atoms with Crippen LogP contribution in [-0.4, -0.2) is 71.4 Å². The van der Waals surface area contributed by atoms with Crippen LogP contribution in [0, 0.1) is 6.92 Å². The molecule has 0 unspecified atom stereocenters. The Hall–Kier alpha value is -1.89. The van der Waals surface area contributed by atoms with Gasteiger partial charge in [0.15, 0.2) is 5.01 Å². The molecule has 2 amide bonds. The zero-order valence-electron chi connectivity index (χ0n) is 21.3. The van der Waals surface area contributed by atoms with Crippen molar-refractivity contribution in [2.75, 3.05) is 20.2 Å². The molecule has 0 saturated heterocycles. The zero-order chi connectivity index (χ0) is 25.2. The number of carbonyl (C=O) groups is 2. The maximum absolute atomic E-state index is 13.2. The summed E-state index contributed by atoms with van der Waals surface area (Å²) in [6.07, 6.45) is 3.69. The zero-order valence-corrected chi connectivity index (χ0v) is 23.9. The second kappa shape index (κ2) is 11.0. The third-order valence-corrected chi connectivity index (χ3v) is 10.4. The van der Waals surface area contributed by atoms with Gasteiger partial charge < -0.3 is 9.64 Å². The summed E-state index contributed by atoms with van der Waals surface area (Å²) < 4.78 is 5.64. The average molecular weight is 537 g/mol. The summed E-state index contributed by atoms with van der Waals surface area (Å²) in [6.45, 7) is 10.8. The predicted molar refractivity (Wildman–Crippen MR) is 141 cm³/mol. The average Bonchev–Trinajstić information content (AvgIpc) is 3.42. The van der Waals surface area contributed by atoms with E-state index in [0.29, 0.717) is 17.5 Å². The Balaban J connectivity index is 1.44. The Morgan fingerprint density at radius 2 is 1.91 bits per heavy atom. The normalized spacial score (nSPS) is 20.8. The van der Waals surface area contributed by atoms with Crippen molar-refractivity contribution in [2.24, 2.45) is 0 Å². The number of nitrogens with zero attached hydrogens (tertiary/aromatic N) is 5. The van der Waals surface area contributed by atoms with Gasteiger partial charge in [-0.2, -0.15) is 0 Å². The fraction of sp³-hybridized carbons (Fsp3) is 0.696. The van der Waals surface area contributed by atoms with E-state index in [0.717, 1.165) is 71.8 Å². The first-order valence-electron chi connectivity index (χ1n) is 12.3. The smallest absolute Gasteiger partial charge is 0.428 e. The highest BCUT2D eigenvalue weighted by Crippen LogP contribution is 2.36. The number of hydrazine groups is 1. The van der Waals surface area contributed by atoms with Crippen molar-refractivity contribution in [3.05, 3.63) is 25.6 Å². The minimum atomic E-state index is -1.35. The van der Waals surface area contributed by atoms with E-state index in [9.17, 15) is 9.59 Å². The van der Waals surface area contributed by atoms with Gasteiger partial charge in [-0.1, -0.05) is 19.6 Å². The number of aromatic nitrogens is 3. The Morgan fingerprint density at radius 3 is 2.57 bits per heavy atom. The molecule has 1 N–H and O–H groups in total. The van der Waals surface area contributed by atoms with E-state index >= 15 is 0 Å². The van der Waals surface area contributed by atoms with Crippen LogP contribution in [0.25, 0.3) is 0 Å². The second-order valence-electron chi connectivity index (χ2n) is 10.8. The molecule has 0 atom stereocenters. The summed E-state index contributed by atoms with van der Waals surface area (Å²) in [5, 5.41) is 12.3. The lowest BCUT2D eigenvalue weighted by Gasteiger charge is -2.35. The molecular weight excluding hydrogens is 501 g/mol. The summed E-state index contributed by atoms with van der Waals surface area (Å²) in [4.78, 5) is 34.3. The summed E-state index contributed by atoms with van der Waals surface area (Å²) in [6, 6.07) is 0.764. The van der Waals surface area contributed by atoms with Crippen molar-refractivity contribution in [3.63, 3.8) is 0 Å². The lowest BCUT2D eigenvalue weighted by atomic mass is 9.86. The molecule has 1 saturated carbocycles. The third-order valence-electron chi connectivity index (χ3n) is 6.57. The van der Waals surface area contributed by atoms with Gasteiger partial charge >= 0.3 is 6.09 Å². The number of hydrogen-bond donors (Lipinski definition) is 1. The molecule has 2 aromatic heterocycles. The van der Waals surface area contributed by atoms with Crippen LogP contribution < -0.4 is 5.43 Å². The summed E-state index contributed by atoms with van der Waals surface area (Å²) in [7, 11) is 0.723. The van der Waals surface area contributed by atoms with Gasteiger partial charge in [-0.3, -0.25) is 10.2 Å². The molecule has 4 rings (SSSR count). The Labute approximate surface area is 216 Å². The van der Waals surface area contributed by atoms with Crippen molar-refractivity contribution >= 4 is 42.7 Å². The summed E-state index contributed by atoms with van der Waals surface area (Å²) >= 11 is 3.06. The van der Waals surface area contributed by atoms with Crippen LogP contribution in [0.5, 0.6) is 0 Å². The van der Waals surface area contributed by atoms with Crippen molar-refractivity contribution in [3.8, 4) is 0 Å². The van der Waals surface area contributed by atoms with Crippen LogP contribution in [0.2, 0.25) is 25.7 Å². The second-order valence-corrected chi connectivity index (χ2v) is 18.7. The van der Waals surface area contributed by atoms with Crippen molar-refractivity contribution in [1.82, 2.24) is 30.5 Å². The molecule has 192 valence electrons. The van der Waals surface area contributed by atoms with Gasteiger partial charge in [0.05, 0.1) is 18.3 Å². The first kappa shape index (κ1) is 26.2. The van der Waals surface area contributed by atoms with E-state index in [1.54, 1.807) is 11.3 Å². The van der Waals surface area contributed by atoms with Crippen molar-refractivity contribution in [1.29, 1.82) is 0 Å². The molecule has 35 heavy (non-hydrogen) atoms. The number of aryl methyl sites for hydroxylation is 1. The maximum atomic E-state index is 13.2. The summed E-state index contributed by atoms with van der Waals surface area (Å²) in [5.74, 6) is 0.0108. The largest absolute Gasteiger partial charge is 0.448 e.